The number of ether oxygens (including phenoxy) is 1. The van der Waals surface area contributed by atoms with Crippen LogP contribution in [0.5, 0.6) is 0 Å². The predicted octanol–water partition coefficient (Wildman–Crippen LogP) is 1.67. The van der Waals surface area contributed by atoms with Crippen LogP contribution in [0.3, 0.4) is 0 Å². The van der Waals surface area contributed by atoms with Crippen LogP contribution in [0.15, 0.2) is 24.3 Å². The number of esters is 1. The normalized spacial score (nSPS) is 10.6. The Bertz CT molecular complexity index is 380. The largest absolute Gasteiger partial charge is 0.466 e. The number of aryl methyl sites for hydroxylation is 1. The minimum atomic E-state index is -0.376. The van der Waals surface area contributed by atoms with Gasteiger partial charge in [0.15, 0.2) is 0 Å². The topological polar surface area (TPSA) is 46.5 Å². The van der Waals surface area contributed by atoms with Gasteiger partial charge in [-0.15, -0.1) is 0 Å². The Labute approximate surface area is 89.0 Å². The zero-order chi connectivity index (χ0) is 11.3. The van der Waals surface area contributed by atoms with E-state index >= 15 is 0 Å². The van der Waals surface area contributed by atoms with Crippen LogP contribution in [-0.4, -0.2) is 18.2 Å². The summed E-state index contributed by atoms with van der Waals surface area (Å²) in [7, 11) is 1.34. The highest BCUT2D eigenvalue weighted by Crippen LogP contribution is 2.12. The molecule has 0 unspecified atom stereocenters. The zero-order valence-electron chi connectivity index (χ0n) is 8.86. The van der Waals surface area contributed by atoms with Crippen LogP contribution in [0.25, 0.3) is 6.08 Å². The second kappa shape index (κ2) is 5.32. The van der Waals surface area contributed by atoms with Crippen molar-refractivity contribution in [2.75, 3.05) is 7.11 Å². The summed E-state index contributed by atoms with van der Waals surface area (Å²) >= 11 is 0. The van der Waals surface area contributed by atoms with E-state index < -0.39 is 0 Å². The number of carbonyl (C=O) groups excluding carboxylic acids is 1. The van der Waals surface area contributed by atoms with E-state index in [9.17, 15) is 4.79 Å². The van der Waals surface area contributed by atoms with Gasteiger partial charge in [-0.25, -0.2) is 4.79 Å². The molecule has 15 heavy (non-hydrogen) atoms. The summed E-state index contributed by atoms with van der Waals surface area (Å²) in [6.07, 6.45) is 3.05. The number of aliphatic hydroxyl groups is 1. The molecule has 0 fully saturated rings. The number of aliphatic hydroxyl groups excluding tert-OH is 1. The summed E-state index contributed by atoms with van der Waals surface area (Å²) in [4.78, 5) is 10.8. The number of carbonyl (C=O) groups is 1. The zero-order valence-corrected chi connectivity index (χ0v) is 8.86. The quantitative estimate of drug-likeness (QED) is 0.604. The maximum atomic E-state index is 10.8. The van der Waals surface area contributed by atoms with Gasteiger partial charge in [0.05, 0.1) is 13.7 Å². The molecule has 0 aliphatic rings. The Morgan fingerprint density at radius 3 is 2.80 bits per heavy atom. The first-order valence-corrected chi connectivity index (χ1v) is 4.63. The van der Waals surface area contributed by atoms with E-state index in [0.717, 1.165) is 16.7 Å². The highest BCUT2D eigenvalue weighted by molar-refractivity contribution is 5.86. The molecule has 0 atom stereocenters. The number of rotatable bonds is 3. The summed E-state index contributed by atoms with van der Waals surface area (Å²) < 4.78 is 4.48. The van der Waals surface area contributed by atoms with Gasteiger partial charge in [0.1, 0.15) is 0 Å². The van der Waals surface area contributed by atoms with E-state index in [0.29, 0.717) is 0 Å². The lowest BCUT2D eigenvalue weighted by atomic mass is 10.1. The average molecular weight is 206 g/mol. The highest BCUT2D eigenvalue weighted by Gasteiger charge is 1.97. The molecule has 0 aliphatic carbocycles. The fourth-order valence-electron chi connectivity index (χ4n) is 1.23. The molecule has 80 valence electrons. The van der Waals surface area contributed by atoms with Crippen molar-refractivity contribution >= 4 is 12.0 Å². The van der Waals surface area contributed by atoms with Gasteiger partial charge in [0, 0.05) is 6.08 Å². The van der Waals surface area contributed by atoms with Gasteiger partial charge in [-0.2, -0.15) is 0 Å². The maximum absolute atomic E-state index is 10.8. The van der Waals surface area contributed by atoms with Gasteiger partial charge in [0.2, 0.25) is 0 Å². The highest BCUT2D eigenvalue weighted by atomic mass is 16.5. The van der Waals surface area contributed by atoms with E-state index in [-0.39, 0.29) is 12.6 Å². The minimum Gasteiger partial charge on any atom is -0.466 e. The lowest BCUT2D eigenvalue weighted by molar-refractivity contribution is -0.134. The molecule has 0 saturated carbocycles. The van der Waals surface area contributed by atoms with Crippen LogP contribution in [0, 0.1) is 6.92 Å². The second-order valence-corrected chi connectivity index (χ2v) is 3.20. The van der Waals surface area contributed by atoms with E-state index in [1.54, 1.807) is 6.08 Å². The third-order valence-electron chi connectivity index (χ3n) is 2.15. The van der Waals surface area contributed by atoms with Crippen molar-refractivity contribution in [3.63, 3.8) is 0 Å². The van der Waals surface area contributed by atoms with Crippen LogP contribution in [0.1, 0.15) is 16.7 Å². The summed E-state index contributed by atoms with van der Waals surface area (Å²) in [5.74, 6) is -0.376. The predicted molar refractivity (Wildman–Crippen MR) is 58.2 cm³/mol. The molecule has 1 N–H and O–H groups in total. The molecular weight excluding hydrogens is 192 g/mol. The molecule has 0 amide bonds. The summed E-state index contributed by atoms with van der Waals surface area (Å²) in [5.41, 5.74) is 2.81. The Morgan fingerprint density at radius 2 is 2.27 bits per heavy atom. The number of methoxy groups -OCH3 is 1. The first kappa shape index (κ1) is 11.5. The third kappa shape index (κ3) is 3.22. The van der Waals surface area contributed by atoms with Gasteiger partial charge < -0.3 is 9.84 Å². The van der Waals surface area contributed by atoms with E-state index in [4.69, 9.17) is 5.11 Å². The van der Waals surface area contributed by atoms with Gasteiger partial charge in [0.25, 0.3) is 0 Å². The monoisotopic (exact) mass is 206 g/mol. The summed E-state index contributed by atoms with van der Waals surface area (Å²) in [5, 5.41) is 8.97. The average Bonchev–Trinajstić information content (AvgIpc) is 2.26. The molecular formula is C12H14O3. The Morgan fingerprint density at radius 1 is 1.53 bits per heavy atom. The van der Waals surface area contributed by atoms with Crippen molar-refractivity contribution in [2.45, 2.75) is 13.5 Å². The van der Waals surface area contributed by atoms with Crippen molar-refractivity contribution in [1.82, 2.24) is 0 Å². The smallest absolute Gasteiger partial charge is 0.330 e. The fourth-order valence-corrected chi connectivity index (χ4v) is 1.23. The van der Waals surface area contributed by atoms with E-state index in [1.165, 1.54) is 13.2 Å². The third-order valence-corrected chi connectivity index (χ3v) is 2.15. The first-order valence-electron chi connectivity index (χ1n) is 4.63. The number of hydrogen-bond donors (Lipinski definition) is 1. The molecule has 3 heteroatoms. The molecule has 0 heterocycles. The van der Waals surface area contributed by atoms with Crippen LogP contribution < -0.4 is 0 Å². The van der Waals surface area contributed by atoms with E-state index in [1.807, 2.05) is 25.1 Å². The van der Waals surface area contributed by atoms with Crippen molar-refractivity contribution in [2.24, 2.45) is 0 Å². The van der Waals surface area contributed by atoms with Crippen molar-refractivity contribution in [3.8, 4) is 0 Å². The molecule has 0 radical (unpaired) electrons. The van der Waals surface area contributed by atoms with Gasteiger partial charge in [-0.1, -0.05) is 18.2 Å². The van der Waals surface area contributed by atoms with Crippen molar-refractivity contribution < 1.29 is 14.6 Å². The molecule has 0 spiro atoms. The van der Waals surface area contributed by atoms with Crippen LogP contribution >= 0.6 is 0 Å². The molecule has 1 aromatic rings. The van der Waals surface area contributed by atoms with E-state index in [2.05, 4.69) is 4.74 Å². The van der Waals surface area contributed by atoms with Crippen LogP contribution in [0.4, 0.5) is 0 Å². The molecule has 0 aromatic heterocycles. The maximum Gasteiger partial charge on any atom is 0.330 e. The number of hydrogen-bond acceptors (Lipinski definition) is 3. The Balaban J connectivity index is 2.84. The Kier molecular flexibility index (Phi) is 4.06. The molecule has 0 aliphatic heterocycles. The summed E-state index contributed by atoms with van der Waals surface area (Å²) in [6, 6.07) is 5.59. The minimum absolute atomic E-state index is 0.0346. The standard InChI is InChI=1S/C12H14O3/c1-9-7-10(3-5-11(9)8-13)4-6-12(14)15-2/h3-7,13H,8H2,1-2H3. The Hall–Kier alpha value is -1.61. The SMILES string of the molecule is COC(=O)C=Cc1ccc(CO)c(C)c1. The second-order valence-electron chi connectivity index (χ2n) is 3.20. The first-order chi connectivity index (χ1) is 7.17. The van der Waals surface area contributed by atoms with Crippen LogP contribution in [-0.2, 0) is 16.1 Å². The molecule has 3 nitrogen and oxygen atoms in total. The molecule has 0 bridgehead atoms. The van der Waals surface area contributed by atoms with Crippen molar-refractivity contribution in [1.29, 1.82) is 0 Å². The lowest BCUT2D eigenvalue weighted by Gasteiger charge is -2.02. The fraction of sp³-hybridized carbons (Fsp3) is 0.250. The lowest BCUT2D eigenvalue weighted by Crippen LogP contribution is -1.93. The molecule has 1 rings (SSSR count). The molecule has 1 aromatic carbocycles. The van der Waals surface area contributed by atoms with Crippen molar-refractivity contribution in [3.05, 3.63) is 41.0 Å². The van der Waals surface area contributed by atoms with Gasteiger partial charge >= 0.3 is 5.97 Å². The molecule has 0 saturated heterocycles. The van der Waals surface area contributed by atoms with Gasteiger partial charge in [-0.05, 0) is 29.7 Å². The van der Waals surface area contributed by atoms with Crippen LogP contribution in [0.2, 0.25) is 0 Å². The summed E-state index contributed by atoms with van der Waals surface area (Å²) in [6.45, 7) is 1.95. The van der Waals surface area contributed by atoms with Gasteiger partial charge in [-0.3, -0.25) is 0 Å². The number of benzene rings is 1.